The molecule has 1 heterocycles. The first-order valence-corrected chi connectivity index (χ1v) is 7.55. The van der Waals surface area contributed by atoms with Gasteiger partial charge >= 0.3 is 5.97 Å². The predicted molar refractivity (Wildman–Crippen MR) is 84.6 cm³/mol. The Morgan fingerprint density at radius 1 is 1.22 bits per heavy atom. The van der Waals surface area contributed by atoms with E-state index >= 15 is 0 Å². The molecule has 0 aliphatic carbocycles. The van der Waals surface area contributed by atoms with Gasteiger partial charge in [-0.2, -0.15) is 5.01 Å². The Labute approximate surface area is 136 Å². The monoisotopic (exact) mass is 318 g/mol. The van der Waals surface area contributed by atoms with Crippen LogP contribution in [0.2, 0.25) is 0 Å². The number of hydrogen-bond acceptors (Lipinski definition) is 5. The number of amides is 1. The second kappa shape index (κ2) is 7.28. The van der Waals surface area contributed by atoms with Crippen molar-refractivity contribution < 1.29 is 19.1 Å². The lowest BCUT2D eigenvalue weighted by Crippen LogP contribution is -2.40. The molecule has 6 heteroatoms. The third-order valence-electron chi connectivity index (χ3n) is 3.62. The summed E-state index contributed by atoms with van der Waals surface area (Å²) in [6.07, 6.45) is -0.768. The molecule has 23 heavy (non-hydrogen) atoms. The smallest absolute Gasteiger partial charge is 0.304 e. The Kier molecular flexibility index (Phi) is 5.39. The van der Waals surface area contributed by atoms with Crippen LogP contribution in [0.5, 0.6) is 0 Å². The number of likely N-dealkylation sites (N-methyl/N-ethyl adjacent to an activating group) is 1. The molecule has 2 rings (SSSR count). The van der Waals surface area contributed by atoms with Gasteiger partial charge in [-0.05, 0) is 19.4 Å². The summed E-state index contributed by atoms with van der Waals surface area (Å²) < 4.78 is 10.8. The zero-order chi connectivity index (χ0) is 17.0. The third kappa shape index (κ3) is 3.71. The zero-order valence-electron chi connectivity index (χ0n) is 13.9. The van der Waals surface area contributed by atoms with E-state index < -0.39 is 12.2 Å². The fourth-order valence-corrected chi connectivity index (χ4v) is 2.55. The van der Waals surface area contributed by atoms with Gasteiger partial charge in [-0.1, -0.05) is 30.3 Å². The van der Waals surface area contributed by atoms with Crippen LogP contribution in [0.4, 0.5) is 0 Å². The average Bonchev–Trinajstić information content (AvgIpc) is 2.73. The van der Waals surface area contributed by atoms with Gasteiger partial charge in [0.2, 0.25) is 6.23 Å². The highest BCUT2D eigenvalue weighted by Gasteiger charge is 2.44. The molecule has 1 aliphatic rings. The molecule has 6 nitrogen and oxygen atoms in total. The van der Waals surface area contributed by atoms with E-state index in [1.165, 1.54) is 6.92 Å². The normalized spacial score (nSPS) is 20.6. The molecule has 1 unspecified atom stereocenters. The zero-order valence-corrected chi connectivity index (χ0v) is 13.9. The minimum Gasteiger partial charge on any atom is -0.498 e. The molecule has 1 fully saturated rings. The summed E-state index contributed by atoms with van der Waals surface area (Å²) in [5, 5.41) is 3.19. The molecule has 0 aromatic heterocycles. The van der Waals surface area contributed by atoms with Crippen molar-refractivity contribution >= 4 is 11.9 Å². The van der Waals surface area contributed by atoms with Crippen molar-refractivity contribution in [3.63, 3.8) is 0 Å². The summed E-state index contributed by atoms with van der Waals surface area (Å²) in [7, 11) is 1.72. The van der Waals surface area contributed by atoms with Gasteiger partial charge in [0.15, 0.2) is 0 Å². The van der Waals surface area contributed by atoms with E-state index in [9.17, 15) is 9.59 Å². The lowest BCUT2D eigenvalue weighted by molar-refractivity contribution is -0.163. The van der Waals surface area contributed by atoms with Crippen LogP contribution < -0.4 is 0 Å². The van der Waals surface area contributed by atoms with E-state index in [1.807, 2.05) is 37.3 Å². The van der Waals surface area contributed by atoms with Crippen LogP contribution in [0, 0.1) is 0 Å². The van der Waals surface area contributed by atoms with Gasteiger partial charge in [-0.3, -0.25) is 14.6 Å². The molecule has 1 aromatic rings. The van der Waals surface area contributed by atoms with Crippen LogP contribution in [0.15, 0.2) is 41.7 Å². The first-order valence-electron chi connectivity index (χ1n) is 7.55. The number of carbonyl (C=O) groups is 2. The number of hydrazine groups is 1. The molecular formula is C17H22N2O4. The van der Waals surface area contributed by atoms with E-state index in [1.54, 1.807) is 24.0 Å². The number of allylic oxidation sites excluding steroid dienone is 1. The first-order chi connectivity index (χ1) is 11.0. The average molecular weight is 318 g/mol. The maximum atomic E-state index is 12.8. The number of nitrogens with zero attached hydrogens (tertiary/aromatic N) is 2. The molecule has 1 aliphatic heterocycles. The summed E-state index contributed by atoms with van der Waals surface area (Å²) >= 11 is 0. The van der Waals surface area contributed by atoms with Gasteiger partial charge < -0.3 is 9.47 Å². The standard InChI is InChI=1S/C17H22N2O4/c1-5-22-12(2)15-16(21)19(11-14-9-7-6-8-10-14)18(4)17(15)23-13(3)20/h6-10,17H,5,11H2,1-4H3/b15-12-. The Morgan fingerprint density at radius 2 is 1.87 bits per heavy atom. The molecule has 124 valence electrons. The molecule has 0 saturated carbocycles. The van der Waals surface area contributed by atoms with Crippen molar-refractivity contribution in [1.82, 2.24) is 10.0 Å². The van der Waals surface area contributed by atoms with Gasteiger partial charge in [-0.15, -0.1) is 0 Å². The topological polar surface area (TPSA) is 59.1 Å². The van der Waals surface area contributed by atoms with Crippen LogP contribution in [0.25, 0.3) is 0 Å². The molecule has 0 bridgehead atoms. The highest BCUT2D eigenvalue weighted by atomic mass is 16.6. The van der Waals surface area contributed by atoms with Crippen LogP contribution in [0.3, 0.4) is 0 Å². The Balaban J connectivity index is 2.33. The van der Waals surface area contributed by atoms with E-state index in [4.69, 9.17) is 9.47 Å². The second-order valence-corrected chi connectivity index (χ2v) is 5.29. The summed E-state index contributed by atoms with van der Waals surface area (Å²) in [6.45, 7) is 5.73. The highest BCUT2D eigenvalue weighted by molar-refractivity contribution is 5.97. The van der Waals surface area contributed by atoms with Gasteiger partial charge in [0.25, 0.3) is 5.91 Å². The first kappa shape index (κ1) is 17.0. The van der Waals surface area contributed by atoms with Crippen molar-refractivity contribution in [3.05, 3.63) is 47.2 Å². The van der Waals surface area contributed by atoms with Crippen molar-refractivity contribution in [3.8, 4) is 0 Å². The largest absolute Gasteiger partial charge is 0.498 e. The second-order valence-electron chi connectivity index (χ2n) is 5.29. The number of rotatable bonds is 5. The van der Waals surface area contributed by atoms with Gasteiger partial charge in [0, 0.05) is 14.0 Å². The van der Waals surface area contributed by atoms with Crippen molar-refractivity contribution in [2.45, 2.75) is 33.5 Å². The van der Waals surface area contributed by atoms with Crippen LogP contribution in [0.1, 0.15) is 26.3 Å². The predicted octanol–water partition coefficient (Wildman–Crippen LogP) is 2.08. The minimum absolute atomic E-state index is 0.214. The lowest BCUT2D eigenvalue weighted by Gasteiger charge is -2.27. The molecule has 1 atom stereocenters. The molecule has 0 spiro atoms. The van der Waals surface area contributed by atoms with E-state index in [0.29, 0.717) is 24.5 Å². The number of benzene rings is 1. The molecule has 0 radical (unpaired) electrons. The molecule has 1 aromatic carbocycles. The van der Waals surface area contributed by atoms with Crippen molar-refractivity contribution in [2.75, 3.05) is 13.7 Å². The number of esters is 1. The van der Waals surface area contributed by atoms with Crippen molar-refractivity contribution in [1.29, 1.82) is 0 Å². The maximum Gasteiger partial charge on any atom is 0.304 e. The van der Waals surface area contributed by atoms with Crippen LogP contribution in [-0.4, -0.2) is 41.8 Å². The maximum absolute atomic E-state index is 12.8. The molecular weight excluding hydrogens is 296 g/mol. The summed E-state index contributed by atoms with van der Waals surface area (Å²) in [6, 6.07) is 9.65. The van der Waals surface area contributed by atoms with E-state index in [-0.39, 0.29) is 5.91 Å². The van der Waals surface area contributed by atoms with Gasteiger partial charge in [-0.25, -0.2) is 0 Å². The van der Waals surface area contributed by atoms with Gasteiger partial charge in [0.05, 0.1) is 13.2 Å². The minimum atomic E-state index is -0.768. The summed E-state index contributed by atoms with van der Waals surface area (Å²) in [4.78, 5) is 24.2. The van der Waals surface area contributed by atoms with Gasteiger partial charge in [0.1, 0.15) is 11.3 Å². The fourth-order valence-electron chi connectivity index (χ4n) is 2.55. The molecule has 1 saturated heterocycles. The third-order valence-corrected chi connectivity index (χ3v) is 3.62. The van der Waals surface area contributed by atoms with Crippen LogP contribution >= 0.6 is 0 Å². The SMILES string of the molecule is CCO/C(C)=C1/C(=O)N(Cc2ccccc2)N(C)C1OC(C)=O. The van der Waals surface area contributed by atoms with E-state index in [2.05, 4.69) is 0 Å². The fraction of sp³-hybridized carbons (Fsp3) is 0.412. The summed E-state index contributed by atoms with van der Waals surface area (Å²) in [5.41, 5.74) is 1.35. The van der Waals surface area contributed by atoms with E-state index in [0.717, 1.165) is 5.56 Å². The molecule has 0 N–H and O–H groups in total. The Hall–Kier alpha value is -2.34. The Bertz CT molecular complexity index is 612. The Morgan fingerprint density at radius 3 is 2.43 bits per heavy atom. The number of ether oxygens (including phenoxy) is 2. The highest BCUT2D eigenvalue weighted by Crippen LogP contribution is 2.29. The number of hydrogen-bond donors (Lipinski definition) is 0. The van der Waals surface area contributed by atoms with Crippen molar-refractivity contribution in [2.24, 2.45) is 0 Å². The summed E-state index contributed by atoms with van der Waals surface area (Å²) in [5.74, 6) is -0.183. The molecule has 1 amide bonds. The number of carbonyl (C=O) groups excluding carboxylic acids is 2. The quantitative estimate of drug-likeness (QED) is 0.472. The lowest BCUT2D eigenvalue weighted by atomic mass is 10.2. The van der Waals surface area contributed by atoms with Crippen LogP contribution in [-0.2, 0) is 25.6 Å².